The molecule has 0 unspecified atom stereocenters. The van der Waals surface area contributed by atoms with E-state index in [-0.39, 0.29) is 30.4 Å². The second-order valence-corrected chi connectivity index (χ2v) is 6.98. The molecule has 0 aliphatic carbocycles. The standard InChI is InChI=1S/C18H22FN5O2/c1-22(9-13-4-2-3-5-15(13)19)11-18(25)23-7-6-17-16(10-23)24-14(12-26-17)8-20-21-24/h2-5,8,16-17H,6-7,9-12H2,1H3/t16-,17+/m0/s1. The number of carbonyl (C=O) groups is 1. The lowest BCUT2D eigenvalue weighted by molar-refractivity contribution is -0.139. The summed E-state index contributed by atoms with van der Waals surface area (Å²) in [7, 11) is 1.83. The average molecular weight is 359 g/mol. The molecule has 8 heteroatoms. The number of piperidine rings is 1. The second-order valence-electron chi connectivity index (χ2n) is 6.98. The van der Waals surface area contributed by atoms with Gasteiger partial charge in [-0.05, 0) is 19.5 Å². The molecule has 138 valence electrons. The Bertz CT molecular complexity index is 795. The molecule has 2 aliphatic heterocycles. The summed E-state index contributed by atoms with van der Waals surface area (Å²) in [6.07, 6.45) is 2.57. The molecular formula is C18H22FN5O2. The summed E-state index contributed by atoms with van der Waals surface area (Å²) >= 11 is 0. The number of likely N-dealkylation sites (tertiary alicyclic amines) is 1. The van der Waals surface area contributed by atoms with E-state index in [9.17, 15) is 9.18 Å². The van der Waals surface area contributed by atoms with Crippen LogP contribution in [0, 0.1) is 5.82 Å². The van der Waals surface area contributed by atoms with E-state index < -0.39 is 0 Å². The van der Waals surface area contributed by atoms with Crippen molar-refractivity contribution in [1.82, 2.24) is 24.8 Å². The van der Waals surface area contributed by atoms with Crippen molar-refractivity contribution in [3.8, 4) is 0 Å². The van der Waals surface area contributed by atoms with Crippen LogP contribution in [0.25, 0.3) is 0 Å². The summed E-state index contributed by atoms with van der Waals surface area (Å²) in [4.78, 5) is 16.4. The van der Waals surface area contributed by atoms with E-state index >= 15 is 0 Å². The molecule has 3 heterocycles. The quantitative estimate of drug-likeness (QED) is 0.821. The number of amides is 1. The minimum atomic E-state index is -0.245. The number of aromatic nitrogens is 3. The molecule has 7 nitrogen and oxygen atoms in total. The lowest BCUT2D eigenvalue weighted by atomic mass is 10.0. The van der Waals surface area contributed by atoms with Gasteiger partial charge in [0.15, 0.2) is 0 Å². The molecule has 1 amide bonds. The predicted molar refractivity (Wildman–Crippen MR) is 91.6 cm³/mol. The van der Waals surface area contributed by atoms with Crippen LogP contribution in [-0.2, 0) is 22.7 Å². The van der Waals surface area contributed by atoms with E-state index in [1.165, 1.54) is 6.07 Å². The predicted octanol–water partition coefficient (Wildman–Crippen LogP) is 1.22. The number of fused-ring (bicyclic) bond motifs is 3. The maximum absolute atomic E-state index is 13.8. The van der Waals surface area contributed by atoms with Crippen molar-refractivity contribution in [2.24, 2.45) is 0 Å². The fourth-order valence-corrected chi connectivity index (χ4v) is 3.71. The summed E-state index contributed by atoms with van der Waals surface area (Å²) < 4.78 is 21.5. The summed E-state index contributed by atoms with van der Waals surface area (Å²) in [6.45, 7) is 2.39. The van der Waals surface area contributed by atoms with Crippen molar-refractivity contribution in [3.63, 3.8) is 0 Å². The van der Waals surface area contributed by atoms with Gasteiger partial charge >= 0.3 is 0 Å². The molecule has 0 bridgehead atoms. The van der Waals surface area contributed by atoms with Gasteiger partial charge < -0.3 is 9.64 Å². The zero-order chi connectivity index (χ0) is 18.1. The summed E-state index contributed by atoms with van der Waals surface area (Å²) in [6, 6.07) is 6.66. The van der Waals surface area contributed by atoms with Crippen molar-refractivity contribution in [2.75, 3.05) is 26.7 Å². The number of carbonyl (C=O) groups excluding carboxylic acids is 1. The van der Waals surface area contributed by atoms with Crippen LogP contribution >= 0.6 is 0 Å². The van der Waals surface area contributed by atoms with Crippen molar-refractivity contribution in [1.29, 1.82) is 0 Å². The fraction of sp³-hybridized carbons (Fsp3) is 0.500. The van der Waals surface area contributed by atoms with E-state index in [0.717, 1.165) is 12.1 Å². The molecule has 26 heavy (non-hydrogen) atoms. The molecule has 0 N–H and O–H groups in total. The van der Waals surface area contributed by atoms with Crippen molar-refractivity contribution in [3.05, 3.63) is 47.5 Å². The van der Waals surface area contributed by atoms with E-state index in [4.69, 9.17) is 4.74 Å². The van der Waals surface area contributed by atoms with Gasteiger partial charge in [0.2, 0.25) is 5.91 Å². The first-order valence-corrected chi connectivity index (χ1v) is 8.82. The topological polar surface area (TPSA) is 63.5 Å². The molecule has 0 saturated carbocycles. The third-order valence-electron chi connectivity index (χ3n) is 5.08. The second kappa shape index (κ2) is 7.13. The third kappa shape index (κ3) is 3.34. The van der Waals surface area contributed by atoms with Crippen LogP contribution in [0.15, 0.2) is 30.5 Å². The van der Waals surface area contributed by atoms with Crippen LogP contribution < -0.4 is 0 Å². The van der Waals surface area contributed by atoms with Crippen molar-refractivity contribution in [2.45, 2.75) is 31.7 Å². The summed E-state index contributed by atoms with van der Waals surface area (Å²) in [5.41, 5.74) is 1.53. The van der Waals surface area contributed by atoms with E-state index in [1.807, 2.05) is 21.5 Å². The Labute approximate surface area is 151 Å². The minimum Gasteiger partial charge on any atom is -0.370 e. The molecule has 2 aliphatic rings. The van der Waals surface area contributed by atoms with Gasteiger partial charge in [-0.15, -0.1) is 5.10 Å². The van der Waals surface area contributed by atoms with Crippen LogP contribution in [0.3, 0.4) is 0 Å². The maximum atomic E-state index is 13.8. The van der Waals surface area contributed by atoms with E-state index in [0.29, 0.717) is 31.8 Å². The number of benzene rings is 1. The SMILES string of the molecule is CN(CC(=O)N1CC[C@H]2OCc3cnnn3[C@H]2C1)Cc1ccccc1F. The Morgan fingerprint density at radius 3 is 3.12 bits per heavy atom. The largest absolute Gasteiger partial charge is 0.370 e. The highest BCUT2D eigenvalue weighted by atomic mass is 19.1. The molecular weight excluding hydrogens is 337 g/mol. The smallest absolute Gasteiger partial charge is 0.236 e. The summed E-state index contributed by atoms with van der Waals surface area (Å²) in [5, 5.41) is 8.11. The van der Waals surface area contributed by atoms with Crippen LogP contribution in [0.2, 0.25) is 0 Å². The highest BCUT2D eigenvalue weighted by molar-refractivity contribution is 5.78. The number of ether oxygens (including phenoxy) is 1. The van der Waals surface area contributed by atoms with Crippen LogP contribution in [0.4, 0.5) is 4.39 Å². The Morgan fingerprint density at radius 2 is 2.27 bits per heavy atom. The number of rotatable bonds is 4. The maximum Gasteiger partial charge on any atom is 0.236 e. The van der Waals surface area contributed by atoms with E-state index in [1.54, 1.807) is 24.4 Å². The van der Waals surface area contributed by atoms with Crippen molar-refractivity contribution >= 4 is 5.91 Å². The third-order valence-corrected chi connectivity index (χ3v) is 5.08. The van der Waals surface area contributed by atoms with E-state index in [2.05, 4.69) is 10.3 Å². The van der Waals surface area contributed by atoms with Crippen molar-refractivity contribution < 1.29 is 13.9 Å². The molecule has 2 atom stereocenters. The lowest BCUT2D eigenvalue weighted by Crippen LogP contribution is -2.51. The van der Waals surface area contributed by atoms with Crippen LogP contribution in [0.5, 0.6) is 0 Å². The first kappa shape index (κ1) is 17.1. The van der Waals surface area contributed by atoms with Gasteiger partial charge in [0, 0.05) is 25.2 Å². The van der Waals surface area contributed by atoms with Gasteiger partial charge in [-0.1, -0.05) is 23.4 Å². The molecule has 1 saturated heterocycles. The zero-order valence-corrected chi connectivity index (χ0v) is 14.7. The van der Waals surface area contributed by atoms with Gasteiger partial charge in [0.05, 0.1) is 37.2 Å². The zero-order valence-electron chi connectivity index (χ0n) is 14.7. The average Bonchev–Trinajstić information content (AvgIpc) is 3.12. The van der Waals surface area contributed by atoms with Gasteiger partial charge in [-0.2, -0.15) is 0 Å². The molecule has 4 rings (SSSR count). The Kier molecular flexibility index (Phi) is 4.69. The van der Waals surface area contributed by atoms with Crippen LogP contribution in [-0.4, -0.2) is 63.5 Å². The van der Waals surface area contributed by atoms with Gasteiger partial charge in [0.1, 0.15) is 5.82 Å². The first-order valence-electron chi connectivity index (χ1n) is 8.82. The summed E-state index contributed by atoms with van der Waals surface area (Å²) in [5.74, 6) is -0.208. The molecule has 0 spiro atoms. The first-order chi connectivity index (χ1) is 12.6. The minimum absolute atomic E-state index is 0.0100. The lowest BCUT2D eigenvalue weighted by Gasteiger charge is -2.41. The van der Waals surface area contributed by atoms with Gasteiger partial charge in [-0.3, -0.25) is 9.69 Å². The number of nitrogens with zero attached hydrogens (tertiary/aromatic N) is 5. The Hall–Kier alpha value is -2.32. The van der Waals surface area contributed by atoms with Crippen LogP contribution in [0.1, 0.15) is 23.7 Å². The number of likely N-dealkylation sites (N-methyl/N-ethyl adjacent to an activating group) is 1. The number of halogens is 1. The fourth-order valence-electron chi connectivity index (χ4n) is 3.71. The normalized spacial score (nSPS) is 22.2. The number of hydrogen-bond donors (Lipinski definition) is 0. The molecule has 1 aromatic heterocycles. The number of hydrogen-bond acceptors (Lipinski definition) is 5. The molecule has 1 aromatic carbocycles. The Balaban J connectivity index is 1.38. The monoisotopic (exact) mass is 359 g/mol. The molecule has 2 aromatic rings. The molecule has 0 radical (unpaired) electrons. The van der Waals surface area contributed by atoms with Gasteiger partial charge in [0.25, 0.3) is 0 Å². The van der Waals surface area contributed by atoms with Gasteiger partial charge in [-0.25, -0.2) is 9.07 Å². The highest BCUT2D eigenvalue weighted by Crippen LogP contribution is 2.30. The Morgan fingerprint density at radius 1 is 1.42 bits per heavy atom. The molecule has 1 fully saturated rings. The highest BCUT2D eigenvalue weighted by Gasteiger charge is 2.37.